The SMILES string of the molecule is CNCCc1ccc(OC)c(OC2CCOC2)c1. The van der Waals surface area contributed by atoms with Crippen molar-refractivity contribution in [1.29, 1.82) is 0 Å². The Hall–Kier alpha value is -1.26. The number of methoxy groups -OCH3 is 1. The van der Waals surface area contributed by atoms with E-state index in [9.17, 15) is 0 Å². The van der Waals surface area contributed by atoms with Gasteiger partial charge in [-0.2, -0.15) is 0 Å². The van der Waals surface area contributed by atoms with Gasteiger partial charge in [0.05, 0.1) is 20.3 Å². The first kappa shape index (κ1) is 13.2. The van der Waals surface area contributed by atoms with E-state index >= 15 is 0 Å². The van der Waals surface area contributed by atoms with Crippen LogP contribution < -0.4 is 14.8 Å². The molecule has 1 fully saturated rings. The third kappa shape index (κ3) is 3.37. The number of rotatable bonds is 6. The molecule has 0 spiro atoms. The number of benzene rings is 1. The van der Waals surface area contributed by atoms with Crippen LogP contribution in [0, 0.1) is 0 Å². The van der Waals surface area contributed by atoms with Gasteiger partial charge in [-0.25, -0.2) is 0 Å². The van der Waals surface area contributed by atoms with Gasteiger partial charge in [0.25, 0.3) is 0 Å². The van der Waals surface area contributed by atoms with Crippen LogP contribution in [0.1, 0.15) is 12.0 Å². The summed E-state index contributed by atoms with van der Waals surface area (Å²) >= 11 is 0. The Kier molecular flexibility index (Phi) is 4.84. The van der Waals surface area contributed by atoms with Gasteiger partial charge in [-0.15, -0.1) is 0 Å². The molecular weight excluding hydrogens is 230 g/mol. The predicted molar refractivity (Wildman–Crippen MR) is 70.5 cm³/mol. The first-order valence-corrected chi connectivity index (χ1v) is 6.39. The number of nitrogens with one attached hydrogen (secondary N) is 1. The minimum atomic E-state index is 0.151. The van der Waals surface area contributed by atoms with Crippen LogP contribution >= 0.6 is 0 Å². The molecule has 0 aliphatic carbocycles. The van der Waals surface area contributed by atoms with Crippen LogP contribution in [0.15, 0.2) is 18.2 Å². The molecule has 1 heterocycles. The molecule has 0 saturated carbocycles. The van der Waals surface area contributed by atoms with Crippen molar-refractivity contribution < 1.29 is 14.2 Å². The molecule has 1 atom stereocenters. The highest BCUT2D eigenvalue weighted by atomic mass is 16.6. The van der Waals surface area contributed by atoms with Crippen LogP contribution in [0.25, 0.3) is 0 Å². The van der Waals surface area contributed by atoms with Crippen molar-refractivity contribution in [3.63, 3.8) is 0 Å². The molecule has 2 rings (SSSR count). The van der Waals surface area contributed by atoms with Gasteiger partial charge in [-0.3, -0.25) is 0 Å². The van der Waals surface area contributed by atoms with Crippen LogP contribution in [0.3, 0.4) is 0 Å². The lowest BCUT2D eigenvalue weighted by Crippen LogP contribution is -2.16. The highest BCUT2D eigenvalue weighted by Gasteiger charge is 2.19. The smallest absolute Gasteiger partial charge is 0.161 e. The quantitative estimate of drug-likeness (QED) is 0.834. The van der Waals surface area contributed by atoms with Gasteiger partial charge in [0.2, 0.25) is 0 Å². The highest BCUT2D eigenvalue weighted by Crippen LogP contribution is 2.30. The first-order valence-electron chi connectivity index (χ1n) is 6.39. The lowest BCUT2D eigenvalue weighted by Gasteiger charge is -2.16. The van der Waals surface area contributed by atoms with Gasteiger partial charge in [-0.1, -0.05) is 6.07 Å². The monoisotopic (exact) mass is 251 g/mol. The summed E-state index contributed by atoms with van der Waals surface area (Å²) in [5, 5.41) is 3.15. The fourth-order valence-electron chi connectivity index (χ4n) is 2.02. The summed E-state index contributed by atoms with van der Waals surface area (Å²) in [6.07, 6.45) is 2.08. The fourth-order valence-corrected chi connectivity index (χ4v) is 2.02. The number of likely N-dealkylation sites (N-methyl/N-ethyl adjacent to an activating group) is 1. The fraction of sp³-hybridized carbons (Fsp3) is 0.571. The van der Waals surface area contributed by atoms with Gasteiger partial charge < -0.3 is 19.5 Å². The Bertz CT molecular complexity index is 375. The van der Waals surface area contributed by atoms with E-state index in [0.29, 0.717) is 6.61 Å². The average Bonchev–Trinajstić information content (AvgIpc) is 2.89. The molecule has 18 heavy (non-hydrogen) atoms. The molecule has 100 valence electrons. The van der Waals surface area contributed by atoms with Crippen molar-refractivity contribution in [3.05, 3.63) is 23.8 Å². The Morgan fingerprint density at radius 1 is 1.39 bits per heavy atom. The van der Waals surface area contributed by atoms with Gasteiger partial charge >= 0.3 is 0 Å². The molecule has 1 aromatic carbocycles. The Balaban J connectivity index is 2.08. The summed E-state index contributed by atoms with van der Waals surface area (Å²) in [7, 11) is 3.62. The molecule has 0 radical (unpaired) electrons. The molecule has 1 saturated heterocycles. The third-order valence-corrected chi connectivity index (χ3v) is 3.07. The maximum Gasteiger partial charge on any atom is 0.161 e. The lowest BCUT2D eigenvalue weighted by atomic mass is 10.1. The number of ether oxygens (including phenoxy) is 3. The van der Waals surface area contributed by atoms with Crippen molar-refractivity contribution in [2.24, 2.45) is 0 Å². The van der Waals surface area contributed by atoms with Crippen LogP contribution in [0.5, 0.6) is 11.5 Å². The molecule has 1 unspecified atom stereocenters. The molecule has 4 nitrogen and oxygen atoms in total. The summed E-state index contributed by atoms with van der Waals surface area (Å²) in [6, 6.07) is 6.11. The maximum absolute atomic E-state index is 5.95. The van der Waals surface area contributed by atoms with Crippen LogP contribution in [0.2, 0.25) is 0 Å². The second-order valence-corrected chi connectivity index (χ2v) is 4.44. The van der Waals surface area contributed by atoms with Gasteiger partial charge in [0, 0.05) is 6.42 Å². The molecule has 0 amide bonds. The molecule has 1 N–H and O–H groups in total. The summed E-state index contributed by atoms with van der Waals surface area (Å²) in [6.45, 7) is 2.41. The zero-order valence-corrected chi connectivity index (χ0v) is 11.1. The minimum Gasteiger partial charge on any atom is -0.493 e. The Morgan fingerprint density at radius 3 is 2.94 bits per heavy atom. The summed E-state index contributed by atoms with van der Waals surface area (Å²) < 4.78 is 16.6. The topological polar surface area (TPSA) is 39.7 Å². The predicted octanol–water partition coefficient (Wildman–Crippen LogP) is 1.62. The average molecular weight is 251 g/mol. The van der Waals surface area contributed by atoms with E-state index in [1.807, 2.05) is 13.1 Å². The summed E-state index contributed by atoms with van der Waals surface area (Å²) in [4.78, 5) is 0. The molecule has 0 aromatic heterocycles. The van der Waals surface area contributed by atoms with Gasteiger partial charge in [0.1, 0.15) is 6.10 Å². The molecule has 0 bridgehead atoms. The second-order valence-electron chi connectivity index (χ2n) is 4.44. The minimum absolute atomic E-state index is 0.151. The van der Waals surface area contributed by atoms with Gasteiger partial charge in [0.15, 0.2) is 11.5 Å². The summed E-state index contributed by atoms with van der Waals surface area (Å²) in [5.74, 6) is 1.61. The standard InChI is InChI=1S/C14H21NO3/c1-15-7-5-11-3-4-13(16-2)14(9-11)18-12-6-8-17-10-12/h3-4,9,12,15H,5-8,10H2,1-2H3. The van der Waals surface area contributed by atoms with Crippen molar-refractivity contribution in [2.75, 3.05) is 33.9 Å². The Labute approximate surface area is 108 Å². The molecular formula is C14H21NO3. The van der Waals surface area contributed by atoms with E-state index in [0.717, 1.165) is 37.5 Å². The van der Waals surface area contributed by atoms with Crippen LogP contribution in [-0.2, 0) is 11.2 Å². The molecule has 4 heteroatoms. The summed E-state index contributed by atoms with van der Waals surface area (Å²) in [5.41, 5.74) is 1.25. The van der Waals surface area contributed by atoms with E-state index in [4.69, 9.17) is 14.2 Å². The highest BCUT2D eigenvalue weighted by molar-refractivity contribution is 5.43. The van der Waals surface area contributed by atoms with Gasteiger partial charge in [-0.05, 0) is 37.7 Å². The van der Waals surface area contributed by atoms with Crippen LogP contribution in [0.4, 0.5) is 0 Å². The Morgan fingerprint density at radius 2 is 2.28 bits per heavy atom. The van der Waals surface area contributed by atoms with Crippen molar-refractivity contribution in [2.45, 2.75) is 18.9 Å². The van der Waals surface area contributed by atoms with Crippen LogP contribution in [-0.4, -0.2) is 40.0 Å². The van der Waals surface area contributed by atoms with Crippen molar-refractivity contribution >= 4 is 0 Å². The molecule has 1 aromatic rings. The first-order chi connectivity index (χ1) is 8.83. The molecule has 1 aliphatic rings. The third-order valence-electron chi connectivity index (χ3n) is 3.07. The van der Waals surface area contributed by atoms with E-state index < -0.39 is 0 Å². The van der Waals surface area contributed by atoms with E-state index in [2.05, 4.69) is 17.4 Å². The van der Waals surface area contributed by atoms with E-state index in [1.165, 1.54) is 5.56 Å². The van der Waals surface area contributed by atoms with E-state index in [-0.39, 0.29) is 6.10 Å². The zero-order chi connectivity index (χ0) is 12.8. The molecule has 1 aliphatic heterocycles. The van der Waals surface area contributed by atoms with Crippen molar-refractivity contribution in [3.8, 4) is 11.5 Å². The van der Waals surface area contributed by atoms with Crippen molar-refractivity contribution in [1.82, 2.24) is 5.32 Å². The maximum atomic E-state index is 5.95. The van der Waals surface area contributed by atoms with E-state index in [1.54, 1.807) is 7.11 Å². The largest absolute Gasteiger partial charge is 0.493 e. The number of hydrogen-bond acceptors (Lipinski definition) is 4. The normalized spacial score (nSPS) is 18.9. The second kappa shape index (κ2) is 6.61. The number of hydrogen-bond donors (Lipinski definition) is 1. The zero-order valence-electron chi connectivity index (χ0n) is 11.1. The lowest BCUT2D eigenvalue weighted by molar-refractivity contribution is 0.138.